The van der Waals surface area contributed by atoms with Gasteiger partial charge in [-0.3, -0.25) is 19.8 Å². The molecule has 206 valence electrons. The Labute approximate surface area is 229 Å². The van der Waals surface area contributed by atoms with Gasteiger partial charge in [-0.05, 0) is 60.6 Å². The third-order valence-corrected chi connectivity index (χ3v) is 9.27. The highest BCUT2D eigenvalue weighted by atomic mass is 32.1. The van der Waals surface area contributed by atoms with E-state index in [1.807, 2.05) is 4.90 Å². The molecule has 0 radical (unpaired) electrons. The molecule has 3 aliphatic rings. The first-order valence-electron chi connectivity index (χ1n) is 13.3. The van der Waals surface area contributed by atoms with Crippen LogP contribution in [0, 0.1) is 5.41 Å². The number of benzene rings is 1. The Morgan fingerprint density at radius 1 is 1.21 bits per heavy atom. The van der Waals surface area contributed by atoms with Gasteiger partial charge in [-0.15, -0.1) is 11.3 Å². The number of carbonyl (C=O) groups excluding carboxylic acids is 2. The van der Waals surface area contributed by atoms with Crippen LogP contribution in [0.3, 0.4) is 0 Å². The fourth-order valence-electron chi connectivity index (χ4n) is 6.18. The number of morpholine rings is 1. The highest BCUT2D eigenvalue weighted by Gasteiger charge is 2.50. The Balaban J connectivity index is 1.27. The second-order valence-electron chi connectivity index (χ2n) is 10.7. The number of anilines is 1. The van der Waals surface area contributed by atoms with Gasteiger partial charge in [0, 0.05) is 38.8 Å². The number of hydrogen-bond donors (Lipinski definition) is 1. The number of rotatable bonds is 7. The lowest BCUT2D eigenvalue weighted by Gasteiger charge is -2.46. The summed E-state index contributed by atoms with van der Waals surface area (Å²) in [5.41, 5.74) is 2.89. The Kier molecular flexibility index (Phi) is 6.98. The van der Waals surface area contributed by atoms with Crippen LogP contribution in [-0.4, -0.2) is 70.6 Å². The first-order chi connectivity index (χ1) is 18.8. The molecule has 1 saturated carbocycles. The number of nitrogens with one attached hydrogen (secondary N) is 1. The van der Waals surface area contributed by atoms with Crippen molar-refractivity contribution in [3.05, 3.63) is 58.3 Å². The van der Waals surface area contributed by atoms with E-state index in [0.717, 1.165) is 86.6 Å². The highest BCUT2D eigenvalue weighted by Crippen LogP contribution is 2.55. The van der Waals surface area contributed by atoms with E-state index in [2.05, 4.69) is 39.6 Å². The molecule has 39 heavy (non-hydrogen) atoms. The van der Waals surface area contributed by atoms with Gasteiger partial charge in [-0.2, -0.15) is 0 Å². The average molecular weight is 556 g/mol. The number of carbonyl (C=O) groups is 2. The van der Waals surface area contributed by atoms with E-state index in [0.29, 0.717) is 12.5 Å². The maximum absolute atomic E-state index is 13.1. The van der Waals surface area contributed by atoms with Crippen molar-refractivity contribution in [2.24, 2.45) is 5.41 Å². The summed E-state index contributed by atoms with van der Waals surface area (Å²) in [6.45, 7) is 9.04. The lowest BCUT2D eigenvalue weighted by atomic mass is 9.64. The molecular formula is C28H31F2N5O3S. The Bertz CT molecular complexity index is 1410. The molecule has 6 rings (SSSR count). The minimum absolute atomic E-state index is 0.0386. The van der Waals surface area contributed by atoms with Gasteiger partial charge >= 0.3 is 0 Å². The predicted octanol–water partition coefficient (Wildman–Crippen LogP) is 4.86. The number of hydrogen-bond acceptors (Lipinski definition) is 6. The summed E-state index contributed by atoms with van der Waals surface area (Å²) in [5.74, 6) is -0.0692. The summed E-state index contributed by atoms with van der Waals surface area (Å²) in [7, 11) is 0. The molecule has 1 aliphatic carbocycles. The van der Waals surface area contributed by atoms with Crippen LogP contribution in [0.2, 0.25) is 0 Å². The van der Waals surface area contributed by atoms with Gasteiger partial charge < -0.3 is 14.2 Å². The van der Waals surface area contributed by atoms with Gasteiger partial charge in [0.2, 0.25) is 11.9 Å². The summed E-state index contributed by atoms with van der Waals surface area (Å²) in [6.07, 6.45) is 1.42. The van der Waals surface area contributed by atoms with Crippen LogP contribution < -0.4 is 5.32 Å². The molecule has 1 N–H and O–H groups in total. The molecule has 3 aromatic rings. The molecule has 1 aromatic carbocycles. The van der Waals surface area contributed by atoms with Crippen molar-refractivity contribution in [1.82, 2.24) is 19.4 Å². The van der Waals surface area contributed by atoms with E-state index in [1.54, 1.807) is 0 Å². The molecule has 2 aromatic heterocycles. The molecule has 2 amide bonds. The van der Waals surface area contributed by atoms with E-state index < -0.39 is 12.3 Å². The van der Waals surface area contributed by atoms with Gasteiger partial charge in [0.05, 0.1) is 34.0 Å². The maximum Gasteiger partial charge on any atom is 0.272 e. The molecule has 4 heterocycles. The Morgan fingerprint density at radius 3 is 2.72 bits per heavy atom. The normalized spacial score (nSPS) is 23.5. The monoisotopic (exact) mass is 555 g/mol. The number of fused-ring (bicyclic) bond motifs is 1. The summed E-state index contributed by atoms with van der Waals surface area (Å²) in [6, 6.07) is 9.04. The first kappa shape index (κ1) is 26.1. The SMILES string of the molecule is C=CC(=O)N1CCC2(CC(n3c(NC(=O)c4ccc(C(F)F)s4)nc4cc(CN5CCOCC5)ccc43)C2)C1. The van der Waals surface area contributed by atoms with Gasteiger partial charge in [0.15, 0.2) is 0 Å². The maximum atomic E-state index is 13.1. The zero-order valence-corrected chi connectivity index (χ0v) is 22.4. The second-order valence-corrected chi connectivity index (χ2v) is 11.9. The number of amides is 2. The second kappa shape index (κ2) is 10.4. The minimum atomic E-state index is -2.61. The molecule has 0 atom stereocenters. The average Bonchev–Trinajstić information content (AvgIpc) is 3.65. The molecule has 11 heteroatoms. The number of imidazole rings is 1. The molecule has 8 nitrogen and oxygen atoms in total. The highest BCUT2D eigenvalue weighted by molar-refractivity contribution is 7.14. The topological polar surface area (TPSA) is 79.7 Å². The van der Waals surface area contributed by atoms with Crippen molar-refractivity contribution in [3.63, 3.8) is 0 Å². The van der Waals surface area contributed by atoms with Crippen molar-refractivity contribution in [3.8, 4) is 0 Å². The van der Waals surface area contributed by atoms with Crippen molar-refractivity contribution < 1.29 is 23.1 Å². The van der Waals surface area contributed by atoms with Crippen molar-refractivity contribution >= 4 is 40.1 Å². The van der Waals surface area contributed by atoms with Crippen molar-refractivity contribution in [1.29, 1.82) is 0 Å². The summed E-state index contributed by atoms with van der Waals surface area (Å²) >= 11 is 0.791. The molecular weight excluding hydrogens is 524 g/mol. The molecule has 1 spiro atoms. The Morgan fingerprint density at radius 2 is 2.00 bits per heavy atom. The van der Waals surface area contributed by atoms with Gasteiger partial charge in [0.25, 0.3) is 12.3 Å². The third-order valence-electron chi connectivity index (χ3n) is 8.18. The van der Waals surface area contributed by atoms with E-state index in [-0.39, 0.29) is 27.1 Å². The number of aromatic nitrogens is 2. The molecule has 0 bridgehead atoms. The lowest BCUT2D eigenvalue weighted by molar-refractivity contribution is -0.125. The zero-order chi connectivity index (χ0) is 27.1. The quantitative estimate of drug-likeness (QED) is 0.422. The van der Waals surface area contributed by atoms with Crippen LogP contribution in [0.4, 0.5) is 14.7 Å². The van der Waals surface area contributed by atoms with Crippen LogP contribution in [-0.2, 0) is 16.1 Å². The minimum Gasteiger partial charge on any atom is -0.379 e. The third kappa shape index (κ3) is 5.10. The summed E-state index contributed by atoms with van der Waals surface area (Å²) < 4.78 is 33.8. The van der Waals surface area contributed by atoms with E-state index in [4.69, 9.17) is 9.72 Å². The molecule has 2 saturated heterocycles. The van der Waals surface area contributed by atoms with Crippen molar-refractivity contribution in [2.45, 2.75) is 38.3 Å². The van der Waals surface area contributed by atoms with Gasteiger partial charge in [0.1, 0.15) is 0 Å². The molecule has 0 unspecified atom stereocenters. The standard InChI is InChI=1S/C28H31F2N5O3S/c1-2-24(36)34-8-7-28(17-34)14-19(15-28)35-21-4-3-18(16-33-9-11-38-12-10-33)13-20(21)31-27(35)32-26(37)23-6-5-22(39-23)25(29)30/h2-6,13,19,25H,1,7-12,14-17H2,(H,31,32,37). The summed E-state index contributed by atoms with van der Waals surface area (Å²) in [5, 5.41) is 2.91. The van der Waals surface area contributed by atoms with Crippen LogP contribution in [0.1, 0.15) is 51.8 Å². The van der Waals surface area contributed by atoms with Gasteiger partial charge in [-0.1, -0.05) is 12.6 Å². The first-order valence-corrected chi connectivity index (χ1v) is 14.1. The number of likely N-dealkylation sites (tertiary alicyclic amines) is 1. The number of halogens is 2. The van der Waals surface area contributed by atoms with Crippen LogP contribution in [0.5, 0.6) is 0 Å². The van der Waals surface area contributed by atoms with E-state index >= 15 is 0 Å². The fourth-order valence-corrected chi connectivity index (χ4v) is 6.94. The van der Waals surface area contributed by atoms with E-state index in [9.17, 15) is 18.4 Å². The predicted molar refractivity (Wildman–Crippen MR) is 145 cm³/mol. The number of ether oxygens (including phenoxy) is 1. The largest absolute Gasteiger partial charge is 0.379 e. The summed E-state index contributed by atoms with van der Waals surface area (Å²) in [4.78, 5) is 34.3. The Hall–Kier alpha value is -3.15. The van der Waals surface area contributed by atoms with Crippen molar-refractivity contribution in [2.75, 3.05) is 44.7 Å². The molecule has 2 aliphatic heterocycles. The lowest BCUT2D eigenvalue weighted by Crippen LogP contribution is -2.42. The zero-order valence-electron chi connectivity index (χ0n) is 21.6. The molecule has 3 fully saturated rings. The fraction of sp³-hybridized carbons (Fsp3) is 0.464. The van der Waals surface area contributed by atoms with Crippen LogP contribution >= 0.6 is 11.3 Å². The van der Waals surface area contributed by atoms with Crippen LogP contribution in [0.25, 0.3) is 11.0 Å². The van der Waals surface area contributed by atoms with Crippen LogP contribution in [0.15, 0.2) is 43.0 Å². The number of thiophene rings is 1. The van der Waals surface area contributed by atoms with E-state index in [1.165, 1.54) is 18.2 Å². The smallest absolute Gasteiger partial charge is 0.272 e. The number of nitrogens with zero attached hydrogens (tertiary/aromatic N) is 4. The van der Waals surface area contributed by atoms with Gasteiger partial charge in [-0.25, -0.2) is 13.8 Å². The number of alkyl halides is 2.